The number of hydrogen-bond donors (Lipinski definition) is 0. The molecule has 1 heterocycles. The van der Waals surface area contributed by atoms with Crippen molar-refractivity contribution in [1.29, 1.82) is 0 Å². The Morgan fingerprint density at radius 3 is 2.92 bits per heavy atom. The number of hydrogen-bond acceptors (Lipinski definition) is 2. The number of halogens is 1. The van der Waals surface area contributed by atoms with Crippen LogP contribution in [-0.2, 0) is 0 Å². The van der Waals surface area contributed by atoms with E-state index < -0.39 is 0 Å². The van der Waals surface area contributed by atoms with E-state index in [1.807, 2.05) is 11.4 Å². The van der Waals surface area contributed by atoms with E-state index in [1.54, 1.807) is 11.3 Å². The SMILES string of the molecule is Cc1ccc(Br)c2c(C=O)csc12. The van der Waals surface area contributed by atoms with Gasteiger partial charge in [0.2, 0.25) is 0 Å². The van der Waals surface area contributed by atoms with E-state index in [0.29, 0.717) is 0 Å². The van der Waals surface area contributed by atoms with Crippen molar-refractivity contribution in [3.8, 4) is 0 Å². The topological polar surface area (TPSA) is 17.1 Å². The highest BCUT2D eigenvalue weighted by atomic mass is 79.9. The molecule has 0 aliphatic rings. The molecule has 0 saturated heterocycles. The van der Waals surface area contributed by atoms with Crippen molar-refractivity contribution < 1.29 is 4.79 Å². The first-order chi connectivity index (χ1) is 6.24. The van der Waals surface area contributed by atoms with E-state index in [2.05, 4.69) is 28.9 Å². The Bertz CT molecular complexity index is 473. The monoisotopic (exact) mass is 254 g/mol. The molecule has 1 nitrogen and oxygen atoms in total. The Kier molecular flexibility index (Phi) is 2.22. The molecular formula is C10H7BrOS. The largest absolute Gasteiger partial charge is 0.298 e. The van der Waals surface area contributed by atoms with Crippen LogP contribution in [0.4, 0.5) is 0 Å². The lowest BCUT2D eigenvalue weighted by Gasteiger charge is -1.98. The number of rotatable bonds is 1. The zero-order valence-corrected chi connectivity index (χ0v) is 9.41. The second-order valence-corrected chi connectivity index (χ2v) is 4.61. The van der Waals surface area contributed by atoms with Gasteiger partial charge in [-0.25, -0.2) is 0 Å². The van der Waals surface area contributed by atoms with Crippen LogP contribution in [-0.4, -0.2) is 6.29 Å². The van der Waals surface area contributed by atoms with Crippen molar-refractivity contribution in [3.05, 3.63) is 33.1 Å². The third-order valence-electron chi connectivity index (χ3n) is 2.02. The third kappa shape index (κ3) is 1.32. The van der Waals surface area contributed by atoms with Gasteiger partial charge in [0, 0.05) is 25.5 Å². The predicted molar refractivity (Wildman–Crippen MR) is 59.6 cm³/mol. The van der Waals surface area contributed by atoms with Crippen LogP contribution in [0.2, 0.25) is 0 Å². The van der Waals surface area contributed by atoms with Crippen LogP contribution in [0.25, 0.3) is 10.1 Å². The van der Waals surface area contributed by atoms with Crippen molar-refractivity contribution >= 4 is 43.6 Å². The Balaban J connectivity index is 2.95. The molecule has 66 valence electrons. The highest BCUT2D eigenvalue weighted by molar-refractivity contribution is 9.10. The van der Waals surface area contributed by atoms with Gasteiger partial charge in [-0.3, -0.25) is 4.79 Å². The minimum absolute atomic E-state index is 0.774. The van der Waals surface area contributed by atoms with E-state index in [1.165, 1.54) is 10.3 Å². The maximum Gasteiger partial charge on any atom is 0.151 e. The Morgan fingerprint density at radius 2 is 2.23 bits per heavy atom. The first-order valence-electron chi connectivity index (χ1n) is 3.85. The number of carbonyl (C=O) groups is 1. The van der Waals surface area contributed by atoms with Crippen LogP contribution in [0.15, 0.2) is 22.0 Å². The van der Waals surface area contributed by atoms with Gasteiger partial charge in [0.25, 0.3) is 0 Å². The van der Waals surface area contributed by atoms with Crippen LogP contribution in [0.1, 0.15) is 15.9 Å². The van der Waals surface area contributed by atoms with E-state index in [9.17, 15) is 4.79 Å². The molecule has 0 amide bonds. The zero-order valence-electron chi connectivity index (χ0n) is 7.00. The van der Waals surface area contributed by atoms with Crippen LogP contribution < -0.4 is 0 Å². The standard InChI is InChI=1S/C10H7BrOS/c1-6-2-3-8(11)9-7(4-12)5-13-10(6)9/h2-5H,1H3. The van der Waals surface area contributed by atoms with Crippen LogP contribution >= 0.6 is 27.3 Å². The third-order valence-corrected chi connectivity index (χ3v) is 3.82. The van der Waals surface area contributed by atoms with Gasteiger partial charge < -0.3 is 0 Å². The van der Waals surface area contributed by atoms with Crippen molar-refractivity contribution in [1.82, 2.24) is 0 Å². The summed E-state index contributed by atoms with van der Waals surface area (Å²) in [4.78, 5) is 10.7. The number of fused-ring (bicyclic) bond motifs is 1. The number of carbonyl (C=O) groups excluding carboxylic acids is 1. The molecule has 0 bridgehead atoms. The summed E-state index contributed by atoms with van der Waals surface area (Å²) in [6.45, 7) is 2.06. The number of aryl methyl sites for hydroxylation is 1. The molecule has 13 heavy (non-hydrogen) atoms. The molecule has 0 fully saturated rings. The molecule has 0 aliphatic carbocycles. The fourth-order valence-corrected chi connectivity index (χ4v) is 3.06. The van der Waals surface area contributed by atoms with E-state index in [4.69, 9.17) is 0 Å². The Morgan fingerprint density at radius 1 is 1.46 bits per heavy atom. The molecule has 2 rings (SSSR count). The van der Waals surface area contributed by atoms with Gasteiger partial charge in [-0.2, -0.15) is 0 Å². The summed E-state index contributed by atoms with van der Waals surface area (Å²) in [5.74, 6) is 0. The van der Waals surface area contributed by atoms with Gasteiger partial charge in [-0.1, -0.05) is 22.0 Å². The minimum Gasteiger partial charge on any atom is -0.298 e. The molecule has 3 heteroatoms. The second-order valence-electron chi connectivity index (χ2n) is 2.88. The molecule has 1 aromatic carbocycles. The molecular weight excluding hydrogens is 248 g/mol. The van der Waals surface area contributed by atoms with Gasteiger partial charge in [-0.05, 0) is 18.6 Å². The molecule has 0 spiro atoms. The van der Waals surface area contributed by atoms with Crippen molar-refractivity contribution in [3.63, 3.8) is 0 Å². The van der Waals surface area contributed by atoms with E-state index in [0.717, 1.165) is 21.7 Å². The average molecular weight is 255 g/mol. The summed E-state index contributed by atoms with van der Waals surface area (Å²) in [5, 5.41) is 2.94. The highest BCUT2D eigenvalue weighted by Crippen LogP contribution is 2.33. The fraction of sp³-hybridized carbons (Fsp3) is 0.100. The molecule has 0 aliphatic heterocycles. The maximum atomic E-state index is 10.7. The van der Waals surface area contributed by atoms with Crippen molar-refractivity contribution in [2.75, 3.05) is 0 Å². The quantitative estimate of drug-likeness (QED) is 0.708. The van der Waals surface area contributed by atoms with Gasteiger partial charge >= 0.3 is 0 Å². The van der Waals surface area contributed by atoms with Gasteiger partial charge in [0.05, 0.1) is 0 Å². The summed E-state index contributed by atoms with van der Waals surface area (Å²) in [5.41, 5.74) is 1.99. The summed E-state index contributed by atoms with van der Waals surface area (Å²) in [6.07, 6.45) is 0.906. The van der Waals surface area contributed by atoms with Gasteiger partial charge in [-0.15, -0.1) is 11.3 Å². The van der Waals surface area contributed by atoms with Crippen molar-refractivity contribution in [2.45, 2.75) is 6.92 Å². The molecule has 0 N–H and O–H groups in total. The second kappa shape index (κ2) is 3.24. The molecule has 0 unspecified atom stereocenters. The average Bonchev–Trinajstić information content (AvgIpc) is 2.56. The van der Waals surface area contributed by atoms with Crippen molar-refractivity contribution in [2.24, 2.45) is 0 Å². The predicted octanol–water partition coefficient (Wildman–Crippen LogP) is 3.78. The molecule has 0 saturated carbocycles. The molecule has 1 aromatic heterocycles. The first kappa shape index (κ1) is 8.91. The van der Waals surface area contributed by atoms with E-state index in [-0.39, 0.29) is 0 Å². The lowest BCUT2D eigenvalue weighted by molar-refractivity contribution is 0.112. The van der Waals surface area contributed by atoms with Crippen LogP contribution in [0, 0.1) is 6.92 Å². The fourth-order valence-electron chi connectivity index (χ4n) is 1.35. The summed E-state index contributed by atoms with van der Waals surface area (Å²) < 4.78 is 2.19. The van der Waals surface area contributed by atoms with Gasteiger partial charge in [0.1, 0.15) is 0 Å². The lowest BCUT2D eigenvalue weighted by Crippen LogP contribution is -1.78. The first-order valence-corrected chi connectivity index (χ1v) is 5.53. The van der Waals surface area contributed by atoms with Crippen LogP contribution in [0.3, 0.4) is 0 Å². The summed E-state index contributed by atoms with van der Waals surface area (Å²) in [7, 11) is 0. The lowest BCUT2D eigenvalue weighted by atomic mass is 10.1. The normalized spacial score (nSPS) is 10.6. The number of benzene rings is 1. The number of aldehydes is 1. The summed E-state index contributed by atoms with van der Waals surface area (Å²) >= 11 is 5.07. The Labute approximate surface area is 88.5 Å². The van der Waals surface area contributed by atoms with Crippen LogP contribution in [0.5, 0.6) is 0 Å². The smallest absolute Gasteiger partial charge is 0.151 e. The van der Waals surface area contributed by atoms with Gasteiger partial charge in [0.15, 0.2) is 6.29 Å². The Hall–Kier alpha value is -0.670. The minimum atomic E-state index is 0.774. The zero-order chi connectivity index (χ0) is 9.42. The maximum absolute atomic E-state index is 10.7. The number of thiophene rings is 1. The van der Waals surface area contributed by atoms with E-state index >= 15 is 0 Å². The molecule has 2 aromatic rings. The highest BCUT2D eigenvalue weighted by Gasteiger charge is 2.08. The molecule has 0 radical (unpaired) electrons. The summed E-state index contributed by atoms with van der Waals surface area (Å²) in [6, 6.07) is 4.04. The molecule has 0 atom stereocenters.